The number of ether oxygens (including phenoxy) is 2. The van der Waals surface area contributed by atoms with Gasteiger partial charge in [0, 0.05) is 31.6 Å². The maximum Gasteiger partial charge on any atom is 0.321 e. The van der Waals surface area contributed by atoms with Crippen LogP contribution in [0.4, 0.5) is 16.2 Å². The van der Waals surface area contributed by atoms with Crippen molar-refractivity contribution in [3.63, 3.8) is 0 Å². The topological polar surface area (TPSA) is 79.9 Å². The van der Waals surface area contributed by atoms with Crippen molar-refractivity contribution in [1.82, 2.24) is 4.90 Å². The number of benzene rings is 1. The molecule has 1 aliphatic rings. The lowest BCUT2D eigenvalue weighted by Gasteiger charge is -2.20. The van der Waals surface area contributed by atoms with Crippen LogP contribution in [-0.4, -0.2) is 56.9 Å². The van der Waals surface area contributed by atoms with Gasteiger partial charge in [0.25, 0.3) is 0 Å². The largest absolute Gasteiger partial charge is 0.382 e. The zero-order valence-electron chi connectivity index (χ0n) is 14.8. The second-order valence-electron chi connectivity index (χ2n) is 6.00. The number of carbonyl (C=O) groups is 2. The molecule has 0 atom stereocenters. The molecule has 0 bridgehead atoms. The van der Waals surface area contributed by atoms with Crippen LogP contribution in [0.1, 0.15) is 25.7 Å². The van der Waals surface area contributed by atoms with E-state index < -0.39 is 0 Å². The normalized spacial score (nSPS) is 14.7. The van der Waals surface area contributed by atoms with Crippen LogP contribution in [0.3, 0.4) is 0 Å². The summed E-state index contributed by atoms with van der Waals surface area (Å²) in [5.74, 6) is -0.225. The summed E-state index contributed by atoms with van der Waals surface area (Å²) < 4.78 is 10.0. The molecule has 138 valence electrons. The third kappa shape index (κ3) is 7.11. The number of urea groups is 1. The van der Waals surface area contributed by atoms with E-state index in [-0.39, 0.29) is 18.5 Å². The van der Waals surface area contributed by atoms with Crippen LogP contribution >= 0.6 is 0 Å². The van der Waals surface area contributed by atoms with Crippen LogP contribution < -0.4 is 10.6 Å². The van der Waals surface area contributed by atoms with Crippen molar-refractivity contribution in [3.05, 3.63) is 24.3 Å². The van der Waals surface area contributed by atoms with Crippen molar-refractivity contribution in [1.29, 1.82) is 0 Å². The number of amides is 3. The molecule has 0 saturated carbocycles. The highest BCUT2D eigenvalue weighted by Crippen LogP contribution is 2.16. The number of anilines is 2. The Kier molecular flexibility index (Phi) is 8.21. The summed E-state index contributed by atoms with van der Waals surface area (Å²) in [7, 11) is 1.58. The van der Waals surface area contributed by atoms with Gasteiger partial charge in [-0.05, 0) is 37.1 Å². The predicted octanol–water partition coefficient (Wildman–Crippen LogP) is 2.70. The molecule has 7 heteroatoms. The molecule has 0 aromatic heterocycles. The predicted molar refractivity (Wildman–Crippen MR) is 96.8 cm³/mol. The lowest BCUT2D eigenvalue weighted by molar-refractivity contribution is -0.121. The fourth-order valence-electron chi connectivity index (χ4n) is 2.62. The van der Waals surface area contributed by atoms with E-state index in [1.54, 1.807) is 31.4 Å². The third-order valence-electron chi connectivity index (χ3n) is 3.98. The summed E-state index contributed by atoms with van der Waals surface area (Å²) in [4.78, 5) is 25.9. The lowest BCUT2D eigenvalue weighted by Crippen LogP contribution is -2.35. The molecule has 1 fully saturated rings. The van der Waals surface area contributed by atoms with Crippen molar-refractivity contribution < 1.29 is 19.1 Å². The summed E-state index contributed by atoms with van der Waals surface area (Å²) in [5, 5.41) is 5.65. The summed E-state index contributed by atoms with van der Waals surface area (Å²) in [6.07, 6.45) is 4.50. The SMILES string of the molecule is COCCOCC(=O)Nc1ccc(NC(=O)N2CCCCCC2)cc1. The molecule has 0 unspecified atom stereocenters. The number of nitrogens with one attached hydrogen (secondary N) is 2. The van der Waals surface area contributed by atoms with Gasteiger partial charge in [0.2, 0.25) is 5.91 Å². The van der Waals surface area contributed by atoms with Gasteiger partial charge < -0.3 is 25.0 Å². The first kappa shape index (κ1) is 19.2. The maximum absolute atomic E-state index is 12.3. The first-order valence-corrected chi connectivity index (χ1v) is 8.71. The van der Waals surface area contributed by atoms with Gasteiger partial charge in [-0.25, -0.2) is 4.79 Å². The average molecular weight is 349 g/mol. The number of hydrogen-bond acceptors (Lipinski definition) is 4. The van der Waals surface area contributed by atoms with Crippen molar-refractivity contribution in [2.45, 2.75) is 25.7 Å². The Morgan fingerprint density at radius 1 is 0.960 bits per heavy atom. The summed E-state index contributed by atoms with van der Waals surface area (Å²) in [6, 6.07) is 7.00. The highest BCUT2D eigenvalue weighted by molar-refractivity contribution is 5.93. The van der Waals surface area contributed by atoms with Gasteiger partial charge in [0.1, 0.15) is 6.61 Å². The van der Waals surface area contributed by atoms with Gasteiger partial charge >= 0.3 is 6.03 Å². The Morgan fingerprint density at radius 2 is 1.56 bits per heavy atom. The van der Waals surface area contributed by atoms with E-state index in [9.17, 15) is 9.59 Å². The van der Waals surface area contributed by atoms with Crippen molar-refractivity contribution in [3.8, 4) is 0 Å². The minimum atomic E-state index is -0.225. The quantitative estimate of drug-likeness (QED) is 0.742. The Morgan fingerprint density at radius 3 is 2.16 bits per heavy atom. The molecular weight excluding hydrogens is 322 g/mol. The van der Waals surface area contributed by atoms with Crippen LogP contribution in [0.2, 0.25) is 0 Å². The van der Waals surface area contributed by atoms with Gasteiger partial charge in [-0.15, -0.1) is 0 Å². The smallest absolute Gasteiger partial charge is 0.321 e. The monoisotopic (exact) mass is 349 g/mol. The molecule has 0 spiro atoms. The molecule has 2 N–H and O–H groups in total. The number of hydrogen-bond donors (Lipinski definition) is 2. The molecule has 2 rings (SSSR count). The van der Waals surface area contributed by atoms with Crippen LogP contribution in [-0.2, 0) is 14.3 Å². The summed E-state index contributed by atoms with van der Waals surface area (Å²) in [6.45, 7) is 2.44. The molecule has 7 nitrogen and oxygen atoms in total. The molecule has 1 heterocycles. The van der Waals surface area contributed by atoms with E-state index in [1.165, 1.54) is 12.8 Å². The second kappa shape index (κ2) is 10.7. The third-order valence-corrected chi connectivity index (χ3v) is 3.98. The highest BCUT2D eigenvalue weighted by Gasteiger charge is 2.15. The standard InChI is InChI=1S/C18H27N3O4/c1-24-12-13-25-14-17(22)19-15-6-8-16(9-7-15)20-18(23)21-10-4-2-3-5-11-21/h6-9H,2-5,10-14H2,1H3,(H,19,22)(H,20,23). The van der Waals surface area contributed by atoms with Gasteiger partial charge in [0.15, 0.2) is 0 Å². The molecule has 1 saturated heterocycles. The van der Waals surface area contributed by atoms with E-state index in [1.807, 2.05) is 4.90 Å². The van der Waals surface area contributed by atoms with Crippen molar-refractivity contribution in [2.24, 2.45) is 0 Å². The van der Waals surface area contributed by atoms with Gasteiger partial charge in [-0.3, -0.25) is 4.79 Å². The molecular formula is C18H27N3O4. The first-order chi connectivity index (χ1) is 12.2. The number of methoxy groups -OCH3 is 1. The molecule has 1 aliphatic heterocycles. The number of carbonyl (C=O) groups excluding carboxylic acids is 2. The Bertz CT molecular complexity index is 540. The fourth-order valence-corrected chi connectivity index (χ4v) is 2.62. The summed E-state index contributed by atoms with van der Waals surface area (Å²) in [5.41, 5.74) is 1.37. The van der Waals surface area contributed by atoms with E-state index in [2.05, 4.69) is 10.6 Å². The second-order valence-corrected chi connectivity index (χ2v) is 6.00. The molecule has 1 aromatic carbocycles. The Hall–Kier alpha value is -2.12. The Balaban J connectivity index is 1.77. The van der Waals surface area contributed by atoms with Gasteiger partial charge in [0.05, 0.1) is 13.2 Å². The maximum atomic E-state index is 12.3. The van der Waals surface area contributed by atoms with E-state index >= 15 is 0 Å². The zero-order valence-corrected chi connectivity index (χ0v) is 14.8. The molecule has 1 aromatic rings. The fraction of sp³-hybridized carbons (Fsp3) is 0.556. The van der Waals surface area contributed by atoms with E-state index in [0.717, 1.165) is 25.9 Å². The Labute approximate surface area is 148 Å². The van der Waals surface area contributed by atoms with Crippen molar-refractivity contribution in [2.75, 3.05) is 50.7 Å². The minimum absolute atomic E-state index is 0.0171. The summed E-state index contributed by atoms with van der Waals surface area (Å²) >= 11 is 0. The first-order valence-electron chi connectivity index (χ1n) is 8.71. The molecule has 3 amide bonds. The zero-order chi connectivity index (χ0) is 17.9. The van der Waals surface area contributed by atoms with E-state index in [0.29, 0.717) is 24.6 Å². The van der Waals surface area contributed by atoms with Crippen LogP contribution in [0.5, 0.6) is 0 Å². The number of likely N-dealkylation sites (tertiary alicyclic amines) is 1. The number of nitrogens with zero attached hydrogens (tertiary/aromatic N) is 1. The van der Waals surface area contributed by atoms with Gasteiger partial charge in [-0.1, -0.05) is 12.8 Å². The van der Waals surface area contributed by atoms with Gasteiger partial charge in [-0.2, -0.15) is 0 Å². The van der Waals surface area contributed by atoms with Crippen LogP contribution in [0.25, 0.3) is 0 Å². The number of rotatable bonds is 7. The molecule has 25 heavy (non-hydrogen) atoms. The molecule has 0 aliphatic carbocycles. The molecule has 0 radical (unpaired) electrons. The van der Waals surface area contributed by atoms with Crippen molar-refractivity contribution >= 4 is 23.3 Å². The van der Waals surface area contributed by atoms with E-state index in [4.69, 9.17) is 9.47 Å². The van der Waals surface area contributed by atoms with Crippen LogP contribution in [0, 0.1) is 0 Å². The lowest BCUT2D eigenvalue weighted by atomic mass is 10.2. The minimum Gasteiger partial charge on any atom is -0.382 e. The van der Waals surface area contributed by atoms with Crippen LogP contribution in [0.15, 0.2) is 24.3 Å². The average Bonchev–Trinajstić information content (AvgIpc) is 2.90. The highest BCUT2D eigenvalue weighted by atomic mass is 16.5.